The molecular formula is C20H34ClNO5Si. The smallest absolute Gasteiger partial charge is 0.334 e. The van der Waals surface area contributed by atoms with Crippen LogP contribution >= 0.6 is 11.6 Å². The Morgan fingerprint density at radius 1 is 1.43 bits per heavy atom. The molecule has 3 aliphatic rings. The molecule has 1 aliphatic carbocycles. The van der Waals surface area contributed by atoms with Gasteiger partial charge in [-0.1, -0.05) is 19.1 Å². The molecule has 0 aromatic rings. The maximum atomic E-state index is 12.7. The lowest BCUT2D eigenvalue weighted by atomic mass is 9.60. The van der Waals surface area contributed by atoms with Crippen molar-refractivity contribution in [2.24, 2.45) is 11.3 Å². The summed E-state index contributed by atoms with van der Waals surface area (Å²) in [7, 11) is -2.20. The molecule has 0 spiro atoms. The number of ether oxygens (including phenoxy) is 1. The van der Waals surface area contributed by atoms with Gasteiger partial charge in [-0.3, -0.25) is 5.32 Å². The number of rotatable bonds is 7. The van der Waals surface area contributed by atoms with Crippen LogP contribution in [-0.4, -0.2) is 58.1 Å². The molecule has 0 bridgehead atoms. The van der Waals surface area contributed by atoms with Gasteiger partial charge >= 0.3 is 5.97 Å². The number of fused-ring (bicyclic) bond motifs is 1. The Kier molecular flexibility index (Phi) is 5.85. The van der Waals surface area contributed by atoms with Gasteiger partial charge in [0.25, 0.3) is 0 Å². The molecule has 0 aromatic heterocycles. The van der Waals surface area contributed by atoms with Crippen LogP contribution in [-0.2, 0) is 9.53 Å². The van der Waals surface area contributed by atoms with Crippen molar-refractivity contribution < 1.29 is 24.5 Å². The number of allylic oxidation sites excluding steroid dienone is 1. The summed E-state index contributed by atoms with van der Waals surface area (Å²) in [4.78, 5) is 22.7. The van der Waals surface area contributed by atoms with Crippen molar-refractivity contribution in [2.75, 3.05) is 0 Å². The number of aliphatic hydroxyl groups is 2. The van der Waals surface area contributed by atoms with E-state index in [-0.39, 0.29) is 5.38 Å². The highest BCUT2D eigenvalue weighted by atomic mass is 35.5. The highest BCUT2D eigenvalue weighted by Gasteiger charge is 2.79. The summed E-state index contributed by atoms with van der Waals surface area (Å²) in [5, 5.41) is 24.8. The Morgan fingerprint density at radius 2 is 2.11 bits per heavy atom. The van der Waals surface area contributed by atoms with Crippen LogP contribution < -0.4 is 5.32 Å². The Labute approximate surface area is 173 Å². The van der Waals surface area contributed by atoms with E-state index in [9.17, 15) is 19.8 Å². The Hall–Kier alpha value is -0.443. The van der Waals surface area contributed by atoms with E-state index in [1.54, 1.807) is 6.92 Å². The van der Waals surface area contributed by atoms with Crippen LogP contribution in [0.3, 0.4) is 0 Å². The third-order valence-electron chi connectivity index (χ3n) is 7.07. The van der Waals surface area contributed by atoms with E-state index in [1.807, 2.05) is 32.2 Å². The van der Waals surface area contributed by atoms with Gasteiger partial charge in [-0.15, -0.1) is 11.6 Å². The molecule has 0 radical (unpaired) electrons. The minimum Gasteiger partial charge on any atom is -0.455 e. The van der Waals surface area contributed by atoms with E-state index in [0.29, 0.717) is 18.9 Å². The second-order valence-corrected chi connectivity index (χ2v) is 14.6. The van der Waals surface area contributed by atoms with E-state index >= 15 is 0 Å². The number of carbonyl (C=O) groups excluding carboxylic acids is 1. The summed E-state index contributed by atoms with van der Waals surface area (Å²) < 4.78 is 5.60. The average Bonchev–Trinajstić information content (AvgIpc) is 2.77. The predicted octanol–water partition coefficient (Wildman–Crippen LogP) is 2.27. The lowest BCUT2D eigenvalue weighted by Gasteiger charge is -2.57. The molecule has 8 heteroatoms. The summed E-state index contributed by atoms with van der Waals surface area (Å²) in [5.41, 5.74) is -2.93. The summed E-state index contributed by atoms with van der Waals surface area (Å²) in [6.45, 7) is 7.48. The number of aliphatic hydroxyl groups excluding tert-OH is 2. The zero-order valence-electron chi connectivity index (χ0n) is 17.2. The SMILES string of the molecule is C[C@@]12OC(=O)[C@]1([C@@H](O)[C@]1(C)C=CCCC1)NC(O)[C@@H]2CC(Cl)CC[Si](C)(C)O. The zero-order valence-corrected chi connectivity index (χ0v) is 19.0. The van der Waals surface area contributed by atoms with Gasteiger partial charge in [0.2, 0.25) is 0 Å². The minimum absolute atomic E-state index is 0.255. The quantitative estimate of drug-likeness (QED) is 0.213. The van der Waals surface area contributed by atoms with Crippen molar-refractivity contribution in [1.29, 1.82) is 0 Å². The molecule has 0 aromatic carbocycles. The van der Waals surface area contributed by atoms with Gasteiger partial charge < -0.3 is 19.7 Å². The van der Waals surface area contributed by atoms with Gasteiger partial charge in [0.05, 0.1) is 6.10 Å². The number of esters is 1. The van der Waals surface area contributed by atoms with Gasteiger partial charge in [-0.25, -0.2) is 4.79 Å². The molecule has 3 rings (SSSR count). The summed E-state index contributed by atoms with van der Waals surface area (Å²) in [6, 6.07) is 0.671. The summed E-state index contributed by atoms with van der Waals surface area (Å²) in [6.07, 6.45) is 5.78. The second kappa shape index (κ2) is 7.36. The number of alkyl halides is 1. The van der Waals surface area contributed by atoms with Crippen molar-refractivity contribution in [1.82, 2.24) is 5.32 Å². The van der Waals surface area contributed by atoms with Crippen molar-refractivity contribution in [2.45, 2.75) is 93.9 Å². The fourth-order valence-corrected chi connectivity index (χ4v) is 6.73. The number of nitrogens with one attached hydrogen (secondary N) is 1. The van der Waals surface area contributed by atoms with Crippen LogP contribution in [0.15, 0.2) is 12.2 Å². The molecule has 0 amide bonds. The first-order valence-corrected chi connectivity index (χ1v) is 13.9. The molecule has 160 valence electrons. The molecule has 0 saturated carbocycles. The number of halogens is 1. The van der Waals surface area contributed by atoms with E-state index < -0.39 is 49.1 Å². The lowest BCUT2D eigenvalue weighted by molar-refractivity contribution is -0.243. The van der Waals surface area contributed by atoms with Crippen LogP contribution in [0.4, 0.5) is 0 Å². The van der Waals surface area contributed by atoms with E-state index in [4.69, 9.17) is 16.3 Å². The third kappa shape index (κ3) is 3.48. The lowest BCUT2D eigenvalue weighted by Crippen LogP contribution is -2.81. The van der Waals surface area contributed by atoms with Crippen LogP contribution in [0.2, 0.25) is 19.1 Å². The first-order chi connectivity index (χ1) is 12.9. The van der Waals surface area contributed by atoms with Crippen LogP contribution in [0.1, 0.15) is 46.0 Å². The first-order valence-electron chi connectivity index (χ1n) is 10.3. The van der Waals surface area contributed by atoms with E-state index in [1.165, 1.54) is 0 Å². The zero-order chi connectivity index (χ0) is 21.0. The highest BCUT2D eigenvalue weighted by molar-refractivity contribution is 6.69. The minimum atomic E-state index is -2.20. The predicted molar refractivity (Wildman–Crippen MR) is 110 cm³/mol. The van der Waals surface area contributed by atoms with Gasteiger partial charge in [0, 0.05) is 16.7 Å². The van der Waals surface area contributed by atoms with Gasteiger partial charge in [-0.2, -0.15) is 0 Å². The average molecular weight is 432 g/mol. The molecule has 2 aliphatic heterocycles. The second-order valence-electron chi connectivity index (χ2n) is 9.89. The maximum Gasteiger partial charge on any atom is 0.334 e. The summed E-state index contributed by atoms with van der Waals surface area (Å²) in [5.74, 6) is -0.943. The van der Waals surface area contributed by atoms with Crippen LogP contribution in [0.5, 0.6) is 0 Å². The molecule has 6 nitrogen and oxygen atoms in total. The molecule has 2 heterocycles. The third-order valence-corrected chi connectivity index (χ3v) is 8.98. The fourth-order valence-electron chi connectivity index (χ4n) is 5.19. The molecule has 4 N–H and O–H groups in total. The van der Waals surface area contributed by atoms with Crippen molar-refractivity contribution >= 4 is 25.9 Å². The number of carbonyl (C=O) groups is 1. The Balaban J connectivity index is 1.81. The first kappa shape index (κ1) is 22.2. The maximum absolute atomic E-state index is 12.7. The molecule has 7 atom stereocenters. The van der Waals surface area contributed by atoms with Gasteiger partial charge in [0.15, 0.2) is 13.9 Å². The monoisotopic (exact) mass is 431 g/mol. The summed E-state index contributed by atoms with van der Waals surface area (Å²) >= 11 is 6.53. The normalized spacial score (nSPS) is 42.5. The van der Waals surface area contributed by atoms with Gasteiger partial charge in [-0.05, 0) is 58.2 Å². The molecule has 28 heavy (non-hydrogen) atoms. The number of hydrogen-bond donors (Lipinski definition) is 4. The molecule has 2 fully saturated rings. The largest absolute Gasteiger partial charge is 0.455 e. The molecule has 2 saturated heterocycles. The standard InChI is InChI=1S/C20H34ClNO5Si/c1-18(9-6-5-7-10-18)16(24)20-17(25)27-19(20,2)14(15(23)22-20)12-13(21)8-11-28(3,4)26/h6,9,13-16,22-24,26H,5,7-8,10-12H2,1-4H3/t13?,14-,15?,16-,18+,19-,20-/m0/s1. The number of hydrogen-bond acceptors (Lipinski definition) is 6. The van der Waals surface area contributed by atoms with Gasteiger partial charge in [0.1, 0.15) is 11.8 Å². The Bertz CT molecular complexity index is 655. The fraction of sp³-hybridized carbons (Fsp3) is 0.850. The topological polar surface area (TPSA) is 99.0 Å². The van der Waals surface area contributed by atoms with E-state index in [0.717, 1.165) is 19.3 Å². The van der Waals surface area contributed by atoms with Crippen molar-refractivity contribution in [3.05, 3.63) is 12.2 Å². The molecular weight excluding hydrogens is 398 g/mol. The van der Waals surface area contributed by atoms with Crippen molar-refractivity contribution in [3.63, 3.8) is 0 Å². The van der Waals surface area contributed by atoms with Crippen LogP contribution in [0, 0.1) is 11.3 Å². The molecule has 2 unspecified atom stereocenters. The van der Waals surface area contributed by atoms with Crippen LogP contribution in [0.25, 0.3) is 0 Å². The Morgan fingerprint density at radius 3 is 2.64 bits per heavy atom. The van der Waals surface area contributed by atoms with Crippen molar-refractivity contribution in [3.8, 4) is 0 Å². The highest BCUT2D eigenvalue weighted by Crippen LogP contribution is 2.57. The van der Waals surface area contributed by atoms with E-state index in [2.05, 4.69) is 5.32 Å².